The highest BCUT2D eigenvalue weighted by Gasteiger charge is 2.20. The van der Waals surface area contributed by atoms with Crippen LogP contribution in [0.25, 0.3) is 0 Å². The van der Waals surface area contributed by atoms with Gasteiger partial charge >= 0.3 is 11.9 Å². The highest BCUT2D eigenvalue weighted by Crippen LogP contribution is 2.00. The normalized spacial score (nSPS) is 15.3. The van der Waals surface area contributed by atoms with Gasteiger partial charge in [0, 0.05) is 12.2 Å². The molecule has 0 amide bonds. The Kier molecular flexibility index (Phi) is 7.66. The average Bonchev–Trinajstić information content (AvgIpc) is 2.37. The first kappa shape index (κ1) is 20.5. The lowest BCUT2D eigenvalue weighted by molar-refractivity contribution is -0.140. The fraction of sp³-hybridized carbons (Fsp3) is 0.600. The van der Waals surface area contributed by atoms with Crippen molar-refractivity contribution in [2.45, 2.75) is 24.3 Å². The summed E-state index contributed by atoms with van der Waals surface area (Å²) in [5.74, 6) is -2.12. The van der Waals surface area contributed by atoms with E-state index in [0.29, 0.717) is 12.2 Å². The minimum Gasteiger partial charge on any atom is -0.461 e. The number of rotatable bonds is 8. The zero-order chi connectivity index (χ0) is 17.6. The Bertz CT molecular complexity index is 575. The summed E-state index contributed by atoms with van der Waals surface area (Å²) in [5, 5.41) is -2.65. The van der Waals surface area contributed by atoms with Crippen molar-refractivity contribution in [2.75, 3.05) is 13.2 Å². The Labute approximate surface area is 127 Å². The molecule has 128 valence electrons. The minimum atomic E-state index is -4.34. The van der Waals surface area contributed by atoms with Crippen molar-refractivity contribution in [3.63, 3.8) is 0 Å². The van der Waals surface area contributed by atoms with Crippen molar-refractivity contribution in [3.8, 4) is 0 Å². The topological polar surface area (TPSA) is 161 Å². The van der Waals surface area contributed by atoms with E-state index in [1.165, 1.54) is 0 Å². The van der Waals surface area contributed by atoms with Crippen molar-refractivity contribution in [1.29, 1.82) is 0 Å². The summed E-state index contributed by atoms with van der Waals surface area (Å²) in [6, 6.07) is 0. The van der Waals surface area contributed by atoms with Gasteiger partial charge in [-0.25, -0.2) is 9.59 Å². The molecule has 10 nitrogen and oxygen atoms in total. The van der Waals surface area contributed by atoms with E-state index in [9.17, 15) is 26.4 Å². The largest absolute Gasteiger partial charge is 0.461 e. The molecule has 0 aliphatic carbocycles. The van der Waals surface area contributed by atoms with Gasteiger partial charge in [-0.05, 0) is 13.8 Å². The van der Waals surface area contributed by atoms with Crippen LogP contribution in [0, 0.1) is 0 Å². The minimum absolute atomic E-state index is 0.614. The Morgan fingerprint density at radius 3 is 1.36 bits per heavy atom. The maximum Gasteiger partial charge on any atom is 0.331 e. The van der Waals surface area contributed by atoms with Crippen molar-refractivity contribution in [2.24, 2.45) is 0 Å². The number of carbonyl (C=O) groups excluding carboxylic acids is 2. The SMILES string of the molecule is CC(COC(=O)/C=C\C(=O)OCC(C)S(=O)(=O)O)S(=O)(=O)O. The van der Waals surface area contributed by atoms with E-state index in [0.717, 1.165) is 13.8 Å². The summed E-state index contributed by atoms with van der Waals surface area (Å²) in [6.07, 6.45) is 1.27. The van der Waals surface area contributed by atoms with Gasteiger partial charge in [-0.15, -0.1) is 0 Å². The molecule has 0 aromatic heterocycles. The van der Waals surface area contributed by atoms with Crippen LogP contribution in [0.1, 0.15) is 13.8 Å². The molecule has 0 rings (SSSR count). The van der Waals surface area contributed by atoms with Crippen LogP contribution in [0.3, 0.4) is 0 Å². The average molecular weight is 360 g/mol. The maximum atomic E-state index is 11.1. The van der Waals surface area contributed by atoms with E-state index < -0.39 is 55.9 Å². The van der Waals surface area contributed by atoms with Gasteiger partial charge in [0.15, 0.2) is 0 Å². The molecule has 0 heterocycles. The summed E-state index contributed by atoms with van der Waals surface area (Å²) >= 11 is 0. The second-order valence-electron chi connectivity index (χ2n) is 4.24. The predicted molar refractivity (Wildman–Crippen MR) is 73.1 cm³/mol. The van der Waals surface area contributed by atoms with Crippen LogP contribution in [0.4, 0.5) is 0 Å². The monoisotopic (exact) mass is 360 g/mol. The van der Waals surface area contributed by atoms with Crippen LogP contribution in [-0.2, 0) is 39.3 Å². The Balaban J connectivity index is 4.26. The lowest BCUT2D eigenvalue weighted by Gasteiger charge is -2.08. The molecule has 0 saturated heterocycles. The fourth-order valence-electron chi connectivity index (χ4n) is 0.803. The molecule has 0 radical (unpaired) electrons. The number of hydrogen-bond donors (Lipinski definition) is 2. The zero-order valence-electron chi connectivity index (χ0n) is 11.7. The Morgan fingerprint density at radius 2 is 1.14 bits per heavy atom. The second-order valence-corrected chi connectivity index (χ2v) is 7.91. The molecule has 12 heteroatoms. The summed E-state index contributed by atoms with van der Waals surface area (Å²) in [6.45, 7) is 0.988. The van der Waals surface area contributed by atoms with E-state index in [1.807, 2.05) is 0 Å². The van der Waals surface area contributed by atoms with Crippen molar-refractivity contribution >= 4 is 32.2 Å². The Hall–Kier alpha value is -1.50. The molecule has 22 heavy (non-hydrogen) atoms. The molecule has 0 aliphatic rings. The lowest BCUT2D eigenvalue weighted by Crippen LogP contribution is -2.24. The van der Waals surface area contributed by atoms with Gasteiger partial charge in [-0.1, -0.05) is 0 Å². The maximum absolute atomic E-state index is 11.1. The summed E-state index contributed by atoms with van der Waals surface area (Å²) in [5.41, 5.74) is 0. The first-order valence-corrected chi connectivity index (χ1v) is 8.79. The van der Waals surface area contributed by atoms with Crippen LogP contribution in [0.15, 0.2) is 12.2 Å². The molecule has 0 aliphatic heterocycles. The molecule has 2 atom stereocenters. The number of ether oxygens (including phenoxy) is 2. The molecule has 0 fully saturated rings. The van der Waals surface area contributed by atoms with Gasteiger partial charge in [0.05, 0.1) is 0 Å². The molecule has 0 saturated carbocycles. The van der Waals surface area contributed by atoms with E-state index in [2.05, 4.69) is 9.47 Å². The van der Waals surface area contributed by atoms with Gasteiger partial charge in [-0.2, -0.15) is 16.8 Å². The number of esters is 2. The van der Waals surface area contributed by atoms with E-state index >= 15 is 0 Å². The first-order valence-electron chi connectivity index (χ1n) is 5.78. The molecule has 0 spiro atoms. The molecule has 0 aromatic rings. The predicted octanol–water partition coefficient (Wildman–Crippen LogP) is -0.818. The zero-order valence-corrected chi connectivity index (χ0v) is 13.3. The van der Waals surface area contributed by atoms with Gasteiger partial charge in [-0.3, -0.25) is 9.11 Å². The second kappa shape index (κ2) is 8.22. The van der Waals surface area contributed by atoms with Crippen molar-refractivity contribution < 1.29 is 45.0 Å². The molecule has 0 bridgehead atoms. The van der Waals surface area contributed by atoms with E-state index in [1.54, 1.807) is 0 Å². The quantitative estimate of drug-likeness (QED) is 0.318. The number of carbonyl (C=O) groups is 2. The summed E-state index contributed by atoms with van der Waals surface area (Å²) in [7, 11) is -8.67. The van der Waals surface area contributed by atoms with Gasteiger partial charge < -0.3 is 9.47 Å². The van der Waals surface area contributed by atoms with E-state index in [-0.39, 0.29) is 0 Å². The summed E-state index contributed by atoms with van der Waals surface area (Å²) in [4.78, 5) is 22.3. The van der Waals surface area contributed by atoms with Gasteiger partial charge in [0.25, 0.3) is 20.2 Å². The summed E-state index contributed by atoms with van der Waals surface area (Å²) < 4.78 is 68.7. The third-order valence-electron chi connectivity index (χ3n) is 2.29. The fourth-order valence-corrected chi connectivity index (χ4v) is 1.28. The molecule has 2 unspecified atom stereocenters. The van der Waals surface area contributed by atoms with E-state index in [4.69, 9.17) is 9.11 Å². The van der Waals surface area contributed by atoms with Crippen LogP contribution >= 0.6 is 0 Å². The smallest absolute Gasteiger partial charge is 0.331 e. The Morgan fingerprint density at radius 1 is 0.864 bits per heavy atom. The van der Waals surface area contributed by atoms with Crippen LogP contribution in [0.2, 0.25) is 0 Å². The van der Waals surface area contributed by atoms with Crippen LogP contribution in [0.5, 0.6) is 0 Å². The highest BCUT2D eigenvalue weighted by molar-refractivity contribution is 7.86. The van der Waals surface area contributed by atoms with Gasteiger partial charge in [0.1, 0.15) is 23.7 Å². The third-order valence-corrected chi connectivity index (χ3v) is 4.60. The van der Waals surface area contributed by atoms with Crippen LogP contribution < -0.4 is 0 Å². The molecule has 0 aromatic carbocycles. The first-order chi connectivity index (χ1) is 9.84. The standard InChI is InChI=1S/C10H16O10S2/c1-7(21(13,14)15)5-19-9(11)3-4-10(12)20-6-8(2)22(16,17)18/h3-4,7-8H,5-6H2,1-2H3,(H,13,14,15)(H,16,17,18)/b4-3-. The van der Waals surface area contributed by atoms with Gasteiger partial charge in [0.2, 0.25) is 0 Å². The van der Waals surface area contributed by atoms with Crippen molar-refractivity contribution in [1.82, 2.24) is 0 Å². The molecular weight excluding hydrogens is 344 g/mol. The van der Waals surface area contributed by atoms with Crippen LogP contribution in [-0.4, -0.2) is 61.6 Å². The number of hydrogen-bond acceptors (Lipinski definition) is 8. The third kappa shape index (κ3) is 8.71. The molecule has 2 N–H and O–H groups in total. The van der Waals surface area contributed by atoms with Crippen molar-refractivity contribution in [3.05, 3.63) is 12.2 Å². The molecular formula is C10H16O10S2. The highest BCUT2D eigenvalue weighted by atomic mass is 32.2. The lowest BCUT2D eigenvalue weighted by atomic mass is 10.4.